The topological polar surface area (TPSA) is 63.2 Å². The summed E-state index contributed by atoms with van der Waals surface area (Å²) < 4.78 is 6.38. The fraction of sp³-hybridized carbons (Fsp3) is 0.0476. The van der Waals surface area contributed by atoms with Crippen LogP contribution in [0.4, 0.5) is 16.2 Å². The molecule has 0 aliphatic rings. The quantitative estimate of drug-likeness (QED) is 0.417. The Morgan fingerprint density at radius 1 is 1.04 bits per heavy atom. The highest BCUT2D eigenvalue weighted by atomic mass is 35.5. The fourth-order valence-electron chi connectivity index (χ4n) is 2.75. The van der Waals surface area contributed by atoms with Crippen molar-refractivity contribution < 1.29 is 9.53 Å². The number of carbonyl (C=O) groups excluding carboxylic acids is 1. The van der Waals surface area contributed by atoms with Crippen LogP contribution in [0, 0.1) is 0 Å². The summed E-state index contributed by atoms with van der Waals surface area (Å²) in [7, 11) is 1.53. The van der Waals surface area contributed by atoms with Crippen molar-refractivity contribution in [1.29, 1.82) is 0 Å². The van der Waals surface area contributed by atoms with Gasteiger partial charge >= 0.3 is 6.03 Å². The average Bonchev–Trinajstić information content (AvgIpc) is 3.13. The molecule has 0 fully saturated rings. The molecule has 1 aromatic heterocycles. The second-order valence-electron chi connectivity index (χ2n) is 5.99. The SMILES string of the molecule is COc1ccc(Cl)cc1NC(=O)Nc1ccc(-c2nc3ccccc3s2)cc1. The molecule has 5 nitrogen and oxygen atoms in total. The van der Waals surface area contributed by atoms with Gasteiger partial charge in [0.1, 0.15) is 10.8 Å². The molecule has 0 unspecified atom stereocenters. The largest absolute Gasteiger partial charge is 0.495 e. The standard InChI is InChI=1S/C21H16ClN3O2S/c1-27-18-11-8-14(22)12-17(18)25-21(26)23-15-9-6-13(7-10-15)20-24-16-4-2-3-5-19(16)28-20/h2-12H,1H3,(H2,23,25,26). The summed E-state index contributed by atoms with van der Waals surface area (Å²) in [6.07, 6.45) is 0. The van der Waals surface area contributed by atoms with Crippen LogP contribution in [-0.2, 0) is 0 Å². The van der Waals surface area contributed by atoms with Gasteiger partial charge in [-0.05, 0) is 54.6 Å². The molecule has 4 aromatic rings. The molecular weight excluding hydrogens is 394 g/mol. The Hall–Kier alpha value is -3.09. The van der Waals surface area contributed by atoms with Crippen molar-refractivity contribution in [2.24, 2.45) is 0 Å². The van der Waals surface area contributed by atoms with Crippen LogP contribution in [0.15, 0.2) is 66.7 Å². The molecule has 0 atom stereocenters. The van der Waals surface area contributed by atoms with Crippen LogP contribution in [0.5, 0.6) is 5.75 Å². The van der Waals surface area contributed by atoms with Crippen LogP contribution in [0.25, 0.3) is 20.8 Å². The number of anilines is 2. The first kappa shape index (κ1) is 18.3. The third-order valence-corrected chi connectivity index (χ3v) is 5.41. The molecule has 0 saturated carbocycles. The number of fused-ring (bicyclic) bond motifs is 1. The van der Waals surface area contributed by atoms with Crippen molar-refractivity contribution in [3.8, 4) is 16.3 Å². The van der Waals surface area contributed by atoms with Gasteiger partial charge in [0.05, 0.1) is 23.0 Å². The molecule has 0 spiro atoms. The van der Waals surface area contributed by atoms with Gasteiger partial charge in [-0.15, -0.1) is 11.3 Å². The second kappa shape index (κ2) is 7.88. The number of nitrogens with zero attached hydrogens (tertiary/aromatic N) is 1. The summed E-state index contributed by atoms with van der Waals surface area (Å²) in [5.74, 6) is 0.533. The van der Waals surface area contributed by atoms with Gasteiger partial charge in [-0.2, -0.15) is 0 Å². The summed E-state index contributed by atoms with van der Waals surface area (Å²) in [5.41, 5.74) is 3.16. The van der Waals surface area contributed by atoms with Crippen molar-refractivity contribution >= 4 is 50.6 Å². The van der Waals surface area contributed by atoms with Crippen LogP contribution in [-0.4, -0.2) is 18.1 Å². The third kappa shape index (κ3) is 3.93. The van der Waals surface area contributed by atoms with E-state index in [1.54, 1.807) is 29.5 Å². The first-order valence-corrected chi connectivity index (χ1v) is 9.69. The Morgan fingerprint density at radius 3 is 2.57 bits per heavy atom. The summed E-state index contributed by atoms with van der Waals surface area (Å²) in [6.45, 7) is 0. The van der Waals surface area contributed by atoms with E-state index < -0.39 is 0 Å². The maximum absolute atomic E-state index is 12.3. The molecule has 2 N–H and O–H groups in total. The van der Waals surface area contributed by atoms with Crippen LogP contribution in [0.2, 0.25) is 5.02 Å². The summed E-state index contributed by atoms with van der Waals surface area (Å²) in [5, 5.41) is 7.00. The van der Waals surface area contributed by atoms with Crippen LogP contribution in [0.3, 0.4) is 0 Å². The van der Waals surface area contributed by atoms with Gasteiger partial charge in [0.15, 0.2) is 0 Å². The highest BCUT2D eigenvalue weighted by molar-refractivity contribution is 7.21. The number of carbonyl (C=O) groups is 1. The molecule has 7 heteroatoms. The third-order valence-electron chi connectivity index (χ3n) is 4.09. The lowest BCUT2D eigenvalue weighted by Gasteiger charge is -2.11. The normalized spacial score (nSPS) is 10.6. The molecule has 3 aromatic carbocycles. The van der Waals surface area contributed by atoms with E-state index in [1.165, 1.54) is 7.11 Å². The molecule has 0 radical (unpaired) electrons. The predicted molar refractivity (Wildman–Crippen MR) is 116 cm³/mol. The summed E-state index contributed by atoms with van der Waals surface area (Å²) in [4.78, 5) is 17.0. The van der Waals surface area contributed by atoms with Gasteiger partial charge in [0.2, 0.25) is 0 Å². The zero-order chi connectivity index (χ0) is 19.5. The maximum Gasteiger partial charge on any atom is 0.323 e. The number of urea groups is 1. The van der Waals surface area contributed by atoms with Gasteiger partial charge < -0.3 is 15.4 Å². The van der Waals surface area contributed by atoms with E-state index in [0.29, 0.717) is 22.1 Å². The molecule has 1 heterocycles. The summed E-state index contributed by atoms with van der Waals surface area (Å²) in [6, 6.07) is 20.3. The van der Waals surface area contributed by atoms with Crippen LogP contribution in [0.1, 0.15) is 0 Å². The molecule has 2 amide bonds. The monoisotopic (exact) mass is 409 g/mol. The highest BCUT2D eigenvalue weighted by Crippen LogP contribution is 2.31. The number of methoxy groups -OCH3 is 1. The second-order valence-corrected chi connectivity index (χ2v) is 7.45. The number of thiazole rings is 1. The Bertz CT molecular complexity index is 1110. The molecule has 0 aliphatic carbocycles. The number of hydrogen-bond acceptors (Lipinski definition) is 4. The molecular formula is C21H16ClN3O2S. The average molecular weight is 410 g/mol. The smallest absolute Gasteiger partial charge is 0.323 e. The molecule has 4 rings (SSSR count). The van der Waals surface area contributed by atoms with E-state index in [1.807, 2.05) is 42.5 Å². The number of nitrogens with one attached hydrogen (secondary N) is 2. The first-order chi connectivity index (χ1) is 13.6. The van der Waals surface area contributed by atoms with Gasteiger partial charge in [0, 0.05) is 16.3 Å². The number of halogens is 1. The van der Waals surface area contributed by atoms with Crippen molar-refractivity contribution in [1.82, 2.24) is 4.98 Å². The first-order valence-electron chi connectivity index (χ1n) is 8.50. The fourth-order valence-corrected chi connectivity index (χ4v) is 3.90. The van der Waals surface area contributed by atoms with Crippen molar-refractivity contribution in [3.63, 3.8) is 0 Å². The zero-order valence-electron chi connectivity index (χ0n) is 14.9. The molecule has 28 heavy (non-hydrogen) atoms. The minimum atomic E-state index is -0.381. The Morgan fingerprint density at radius 2 is 1.82 bits per heavy atom. The van der Waals surface area contributed by atoms with E-state index in [-0.39, 0.29) is 6.03 Å². The van der Waals surface area contributed by atoms with Crippen LogP contribution >= 0.6 is 22.9 Å². The van der Waals surface area contributed by atoms with Gasteiger partial charge in [0.25, 0.3) is 0 Å². The van der Waals surface area contributed by atoms with E-state index in [4.69, 9.17) is 16.3 Å². The predicted octanol–water partition coefficient (Wildman–Crippen LogP) is 6.27. The number of amides is 2. The molecule has 0 aliphatic heterocycles. The number of benzene rings is 3. The Labute approximate surface area is 170 Å². The zero-order valence-corrected chi connectivity index (χ0v) is 16.5. The minimum absolute atomic E-state index is 0.381. The van der Waals surface area contributed by atoms with E-state index in [9.17, 15) is 4.79 Å². The number of hydrogen-bond donors (Lipinski definition) is 2. The van der Waals surface area contributed by atoms with Crippen LogP contribution < -0.4 is 15.4 Å². The lowest BCUT2D eigenvalue weighted by molar-refractivity contribution is 0.262. The van der Waals surface area contributed by atoms with Crippen molar-refractivity contribution in [3.05, 3.63) is 71.8 Å². The van der Waals surface area contributed by atoms with Gasteiger partial charge in [-0.1, -0.05) is 23.7 Å². The molecule has 140 valence electrons. The lowest BCUT2D eigenvalue weighted by atomic mass is 10.2. The lowest BCUT2D eigenvalue weighted by Crippen LogP contribution is -2.19. The number of para-hydroxylation sites is 1. The number of rotatable bonds is 4. The van der Waals surface area contributed by atoms with E-state index in [0.717, 1.165) is 20.8 Å². The summed E-state index contributed by atoms with van der Waals surface area (Å²) >= 11 is 7.63. The van der Waals surface area contributed by atoms with Crippen molar-refractivity contribution in [2.75, 3.05) is 17.7 Å². The van der Waals surface area contributed by atoms with E-state index >= 15 is 0 Å². The number of aromatic nitrogens is 1. The van der Waals surface area contributed by atoms with E-state index in [2.05, 4.69) is 21.7 Å². The maximum atomic E-state index is 12.3. The van der Waals surface area contributed by atoms with Crippen molar-refractivity contribution in [2.45, 2.75) is 0 Å². The van der Waals surface area contributed by atoms with Gasteiger partial charge in [-0.3, -0.25) is 0 Å². The molecule has 0 bridgehead atoms. The minimum Gasteiger partial charge on any atom is -0.495 e. The highest BCUT2D eigenvalue weighted by Gasteiger charge is 2.10. The Kier molecular flexibility index (Phi) is 5.14. The Balaban J connectivity index is 1.47. The molecule has 0 saturated heterocycles. The van der Waals surface area contributed by atoms with Gasteiger partial charge in [-0.25, -0.2) is 9.78 Å². The number of ether oxygens (including phenoxy) is 1.